The number of nitrogens with zero attached hydrogens (tertiary/aromatic N) is 1. The van der Waals surface area contributed by atoms with Gasteiger partial charge in [0.2, 0.25) is 0 Å². The van der Waals surface area contributed by atoms with Crippen LogP contribution < -0.4 is 5.73 Å². The second-order valence-electron chi connectivity index (χ2n) is 4.62. The lowest BCUT2D eigenvalue weighted by Crippen LogP contribution is -2.48. The van der Waals surface area contributed by atoms with Crippen LogP contribution in [0.5, 0.6) is 0 Å². The van der Waals surface area contributed by atoms with Crippen LogP contribution in [-0.2, 0) is 0 Å². The van der Waals surface area contributed by atoms with E-state index in [0.29, 0.717) is 6.54 Å². The van der Waals surface area contributed by atoms with Gasteiger partial charge in [0.1, 0.15) is 0 Å². The topological polar surface area (TPSA) is 46.2 Å². The molecule has 0 bridgehead atoms. The van der Waals surface area contributed by atoms with Crippen molar-refractivity contribution in [1.82, 2.24) is 0 Å². The molecule has 1 unspecified atom stereocenters. The highest BCUT2D eigenvalue weighted by Gasteiger charge is 2.28. The van der Waals surface area contributed by atoms with Crippen LogP contribution in [0.2, 0.25) is 0 Å². The second-order valence-corrected chi connectivity index (χ2v) is 4.62. The molecule has 3 nitrogen and oxygen atoms in total. The van der Waals surface area contributed by atoms with Crippen LogP contribution in [0.15, 0.2) is 0 Å². The van der Waals surface area contributed by atoms with E-state index in [-0.39, 0.29) is 12.0 Å². The van der Waals surface area contributed by atoms with Crippen LogP contribution >= 0.6 is 0 Å². The van der Waals surface area contributed by atoms with Gasteiger partial charge in [0, 0.05) is 6.54 Å². The van der Waals surface area contributed by atoms with Crippen LogP contribution in [-0.4, -0.2) is 50.4 Å². The average Bonchev–Trinajstić information content (AvgIpc) is 1.84. The third-order valence-electron chi connectivity index (χ3n) is 1.73. The molecular formula is C8H21N2O+. The summed E-state index contributed by atoms with van der Waals surface area (Å²) >= 11 is 0. The van der Waals surface area contributed by atoms with Crippen molar-refractivity contribution in [2.45, 2.75) is 6.92 Å². The molecule has 3 heteroatoms. The molecule has 0 spiro atoms. The van der Waals surface area contributed by atoms with E-state index < -0.39 is 0 Å². The van der Waals surface area contributed by atoms with Crippen LogP contribution in [0.25, 0.3) is 0 Å². The Balaban J connectivity index is 4.08. The van der Waals surface area contributed by atoms with Gasteiger partial charge in [0.25, 0.3) is 0 Å². The van der Waals surface area contributed by atoms with Gasteiger partial charge in [-0.15, -0.1) is 0 Å². The highest BCUT2D eigenvalue weighted by atomic mass is 16.3. The Labute approximate surface area is 69.4 Å². The first kappa shape index (κ1) is 10.9. The molecule has 1 atom stereocenters. The van der Waals surface area contributed by atoms with Gasteiger partial charge >= 0.3 is 0 Å². The van der Waals surface area contributed by atoms with Crippen molar-refractivity contribution < 1.29 is 9.59 Å². The summed E-state index contributed by atoms with van der Waals surface area (Å²) in [5.74, 6) is 0. The monoisotopic (exact) mass is 161 g/mol. The van der Waals surface area contributed by atoms with E-state index in [1.807, 2.05) is 6.92 Å². The molecule has 0 heterocycles. The van der Waals surface area contributed by atoms with Gasteiger partial charge in [-0.3, -0.25) is 0 Å². The molecule has 3 N–H and O–H groups in total. The summed E-state index contributed by atoms with van der Waals surface area (Å²) < 4.78 is 0.842. The van der Waals surface area contributed by atoms with E-state index in [4.69, 9.17) is 10.8 Å². The zero-order valence-electron chi connectivity index (χ0n) is 8.09. The highest BCUT2D eigenvalue weighted by Crippen LogP contribution is 2.16. The molecule has 0 aromatic rings. The van der Waals surface area contributed by atoms with Gasteiger partial charge in [-0.05, 0) is 0 Å². The third kappa shape index (κ3) is 4.35. The molecule has 0 aromatic carbocycles. The fourth-order valence-corrected chi connectivity index (χ4v) is 1.32. The minimum atomic E-state index is -0.127. The Bertz CT molecular complexity index is 114. The Kier molecular flexibility index (Phi) is 3.48. The highest BCUT2D eigenvalue weighted by molar-refractivity contribution is 4.73. The minimum absolute atomic E-state index is 0.127. The van der Waals surface area contributed by atoms with Crippen LogP contribution in [0, 0.1) is 5.41 Å². The summed E-state index contributed by atoms with van der Waals surface area (Å²) in [4.78, 5) is 0. The Morgan fingerprint density at radius 2 is 1.82 bits per heavy atom. The van der Waals surface area contributed by atoms with Crippen LogP contribution in [0.3, 0.4) is 0 Å². The summed E-state index contributed by atoms with van der Waals surface area (Å²) in [5, 5.41) is 9.06. The lowest BCUT2D eigenvalue weighted by Gasteiger charge is -2.34. The molecule has 0 radical (unpaired) electrons. The second kappa shape index (κ2) is 3.52. The van der Waals surface area contributed by atoms with E-state index >= 15 is 0 Å². The molecule has 0 saturated carbocycles. The standard InChI is InChI=1S/C8H21N2O/c1-8(5-9,7-11)6-10(2,3)4/h11H,5-7,9H2,1-4H3/q+1. The first-order valence-corrected chi connectivity index (χ1v) is 3.94. The summed E-state index contributed by atoms with van der Waals surface area (Å²) in [6.45, 7) is 3.62. The molecule has 0 aliphatic rings. The number of nitrogens with two attached hydrogens (primary N) is 1. The summed E-state index contributed by atoms with van der Waals surface area (Å²) in [6, 6.07) is 0. The van der Waals surface area contributed by atoms with Gasteiger partial charge in [-0.25, -0.2) is 0 Å². The van der Waals surface area contributed by atoms with Gasteiger partial charge in [0.15, 0.2) is 0 Å². The van der Waals surface area contributed by atoms with Crippen molar-refractivity contribution in [3.63, 3.8) is 0 Å². The molecule has 11 heavy (non-hydrogen) atoms. The molecule has 0 rings (SSSR count). The average molecular weight is 161 g/mol. The maximum atomic E-state index is 9.06. The number of hydrogen-bond acceptors (Lipinski definition) is 2. The maximum absolute atomic E-state index is 9.06. The van der Waals surface area contributed by atoms with Gasteiger partial charge < -0.3 is 15.3 Å². The van der Waals surface area contributed by atoms with E-state index in [1.165, 1.54) is 0 Å². The van der Waals surface area contributed by atoms with E-state index in [9.17, 15) is 0 Å². The SMILES string of the molecule is CC(CN)(CO)C[N+](C)(C)C. The zero-order chi connectivity index (χ0) is 9.12. The Morgan fingerprint density at radius 1 is 1.36 bits per heavy atom. The molecule has 0 aliphatic heterocycles. The fraction of sp³-hybridized carbons (Fsp3) is 1.00. The zero-order valence-corrected chi connectivity index (χ0v) is 8.09. The normalized spacial score (nSPS) is 18.0. The minimum Gasteiger partial charge on any atom is -0.396 e. The summed E-state index contributed by atoms with van der Waals surface area (Å²) in [5.41, 5.74) is 5.43. The smallest absolute Gasteiger partial charge is 0.0869 e. The van der Waals surface area contributed by atoms with Crippen molar-refractivity contribution in [2.24, 2.45) is 11.1 Å². The van der Waals surface area contributed by atoms with Crippen molar-refractivity contribution >= 4 is 0 Å². The van der Waals surface area contributed by atoms with E-state index in [2.05, 4.69) is 21.1 Å². The van der Waals surface area contributed by atoms with Crippen LogP contribution in [0.1, 0.15) is 6.92 Å². The third-order valence-corrected chi connectivity index (χ3v) is 1.73. The number of rotatable bonds is 4. The number of aliphatic hydroxyl groups excluding tert-OH is 1. The van der Waals surface area contributed by atoms with E-state index in [1.54, 1.807) is 0 Å². The molecule has 0 saturated heterocycles. The van der Waals surface area contributed by atoms with Crippen molar-refractivity contribution in [2.75, 3.05) is 40.8 Å². The summed E-state index contributed by atoms with van der Waals surface area (Å²) in [6.07, 6.45) is 0. The molecule has 0 aliphatic carbocycles. The number of hydrogen-bond donors (Lipinski definition) is 2. The predicted octanol–water partition coefficient (Wildman–Crippen LogP) is -0.350. The van der Waals surface area contributed by atoms with Crippen molar-refractivity contribution in [3.05, 3.63) is 0 Å². The van der Waals surface area contributed by atoms with Crippen molar-refractivity contribution in [1.29, 1.82) is 0 Å². The largest absolute Gasteiger partial charge is 0.396 e. The number of aliphatic hydroxyl groups is 1. The van der Waals surface area contributed by atoms with Crippen LogP contribution in [0.4, 0.5) is 0 Å². The van der Waals surface area contributed by atoms with Crippen molar-refractivity contribution in [3.8, 4) is 0 Å². The lowest BCUT2D eigenvalue weighted by molar-refractivity contribution is -0.877. The fourth-order valence-electron chi connectivity index (χ4n) is 1.32. The molecule has 0 amide bonds. The first-order valence-electron chi connectivity index (χ1n) is 3.94. The van der Waals surface area contributed by atoms with Gasteiger partial charge in [-0.2, -0.15) is 0 Å². The quantitative estimate of drug-likeness (QED) is 0.554. The number of quaternary nitrogens is 1. The van der Waals surface area contributed by atoms with Gasteiger partial charge in [-0.1, -0.05) is 6.92 Å². The molecule has 68 valence electrons. The summed E-state index contributed by atoms with van der Waals surface area (Å²) in [7, 11) is 6.30. The Morgan fingerprint density at radius 3 is 1.91 bits per heavy atom. The predicted molar refractivity (Wildman–Crippen MR) is 47.1 cm³/mol. The molecule has 0 fully saturated rings. The first-order chi connectivity index (χ1) is 4.83. The molecular weight excluding hydrogens is 140 g/mol. The maximum Gasteiger partial charge on any atom is 0.0869 e. The van der Waals surface area contributed by atoms with Gasteiger partial charge in [0.05, 0.1) is 39.7 Å². The lowest BCUT2D eigenvalue weighted by atomic mass is 9.91. The van der Waals surface area contributed by atoms with E-state index in [0.717, 1.165) is 11.0 Å². The molecule has 0 aromatic heterocycles. The Hall–Kier alpha value is -0.120.